The zero-order chi connectivity index (χ0) is 24.0. The fourth-order valence-corrected chi connectivity index (χ4v) is 3.67. The number of carboxylic acid groups (broad SMARTS) is 1. The van der Waals surface area contributed by atoms with E-state index in [1.807, 2.05) is 44.3 Å². The van der Waals surface area contributed by atoms with E-state index >= 15 is 0 Å². The first-order valence-electron chi connectivity index (χ1n) is 10.9. The van der Waals surface area contributed by atoms with Crippen LogP contribution in [0.3, 0.4) is 0 Å². The first-order chi connectivity index (χ1) is 15.8. The van der Waals surface area contributed by atoms with Crippen LogP contribution in [-0.4, -0.2) is 56.0 Å². The van der Waals surface area contributed by atoms with Gasteiger partial charge in [-0.15, -0.1) is 0 Å². The number of nitrogens with one attached hydrogen (secondary N) is 4. The Morgan fingerprint density at radius 3 is 2.55 bits per heavy atom. The molecule has 2 amide bonds. The van der Waals surface area contributed by atoms with Crippen LogP contribution in [0, 0.1) is 5.92 Å². The second kappa shape index (κ2) is 10.8. The number of carboxylic acids is 1. The number of amides is 2. The Labute approximate surface area is 191 Å². The molecule has 0 bridgehead atoms. The lowest BCUT2D eigenvalue weighted by atomic mass is 9.96. The maximum Gasteiger partial charge on any atom is 0.326 e. The van der Waals surface area contributed by atoms with Crippen molar-refractivity contribution in [3.8, 4) is 0 Å². The summed E-state index contributed by atoms with van der Waals surface area (Å²) in [6.45, 7) is 3.71. The molecule has 0 fully saturated rings. The van der Waals surface area contributed by atoms with Crippen molar-refractivity contribution in [3.63, 3.8) is 0 Å². The summed E-state index contributed by atoms with van der Waals surface area (Å²) in [6, 6.07) is 4.77. The Bertz CT molecular complexity index is 1090. The second-order valence-corrected chi connectivity index (χ2v) is 8.22. The van der Waals surface area contributed by atoms with Crippen molar-refractivity contribution in [2.24, 2.45) is 11.7 Å². The number of H-pyrrole nitrogens is 2. The Balaban J connectivity index is 1.67. The van der Waals surface area contributed by atoms with Crippen LogP contribution in [0.25, 0.3) is 10.9 Å². The highest BCUT2D eigenvalue weighted by molar-refractivity contribution is 5.92. The first-order valence-corrected chi connectivity index (χ1v) is 10.9. The van der Waals surface area contributed by atoms with E-state index in [2.05, 4.69) is 25.6 Å². The molecule has 0 spiro atoms. The summed E-state index contributed by atoms with van der Waals surface area (Å²) in [5.74, 6) is -2.44. The average molecular weight is 455 g/mol. The van der Waals surface area contributed by atoms with E-state index < -0.39 is 35.9 Å². The zero-order valence-electron chi connectivity index (χ0n) is 18.7. The standard InChI is InChI=1S/C23H30N6O4/c1-3-13(2)20(22(31)28-19(23(32)33)9-15-11-25-12-27-15)29-21(30)17(24)8-14-10-26-18-7-5-4-6-16(14)18/h4-7,10-13,17,19-20,26H,3,8-9,24H2,1-2H3,(H,25,27)(H,28,31)(H,29,30)(H,32,33). The lowest BCUT2D eigenvalue weighted by molar-refractivity contribution is -0.142. The topological polar surface area (TPSA) is 166 Å². The summed E-state index contributed by atoms with van der Waals surface area (Å²) < 4.78 is 0. The van der Waals surface area contributed by atoms with Gasteiger partial charge in [-0.05, 0) is 24.0 Å². The van der Waals surface area contributed by atoms with Crippen LogP contribution in [0.2, 0.25) is 0 Å². The number of hydrogen-bond acceptors (Lipinski definition) is 5. The van der Waals surface area contributed by atoms with Crippen molar-refractivity contribution in [2.45, 2.75) is 51.2 Å². The molecule has 4 atom stereocenters. The largest absolute Gasteiger partial charge is 0.480 e. The van der Waals surface area contributed by atoms with E-state index in [4.69, 9.17) is 5.73 Å². The number of aromatic nitrogens is 3. The number of benzene rings is 1. The number of para-hydroxylation sites is 1. The molecule has 0 aliphatic rings. The van der Waals surface area contributed by atoms with Crippen molar-refractivity contribution in [1.82, 2.24) is 25.6 Å². The molecule has 1 aromatic carbocycles. The molecule has 2 heterocycles. The van der Waals surface area contributed by atoms with Gasteiger partial charge in [-0.2, -0.15) is 0 Å². The number of nitrogens with zero attached hydrogens (tertiary/aromatic N) is 1. The number of carbonyl (C=O) groups excluding carboxylic acids is 2. The Morgan fingerprint density at radius 2 is 1.88 bits per heavy atom. The molecule has 4 unspecified atom stereocenters. The van der Waals surface area contributed by atoms with E-state index in [1.165, 1.54) is 12.5 Å². The van der Waals surface area contributed by atoms with Gasteiger partial charge in [-0.25, -0.2) is 9.78 Å². The normalized spacial score (nSPS) is 14.9. The average Bonchev–Trinajstić information content (AvgIpc) is 3.46. The first kappa shape index (κ1) is 24.0. The monoisotopic (exact) mass is 454 g/mol. The van der Waals surface area contributed by atoms with E-state index in [9.17, 15) is 19.5 Å². The number of aliphatic carboxylic acids is 1. The molecule has 0 saturated heterocycles. The number of hydrogen-bond donors (Lipinski definition) is 6. The minimum atomic E-state index is -1.18. The van der Waals surface area contributed by atoms with Gasteiger partial charge < -0.3 is 31.4 Å². The lowest BCUT2D eigenvalue weighted by Gasteiger charge is -2.26. The van der Waals surface area contributed by atoms with Gasteiger partial charge >= 0.3 is 5.97 Å². The van der Waals surface area contributed by atoms with E-state index in [-0.39, 0.29) is 12.3 Å². The molecule has 7 N–H and O–H groups in total. The van der Waals surface area contributed by atoms with Gasteiger partial charge in [0.2, 0.25) is 11.8 Å². The molecule has 0 saturated carbocycles. The van der Waals surface area contributed by atoms with Crippen molar-refractivity contribution in [2.75, 3.05) is 0 Å². The summed E-state index contributed by atoms with van der Waals surface area (Å²) in [5, 5.41) is 15.8. The fraction of sp³-hybridized carbons (Fsp3) is 0.391. The minimum Gasteiger partial charge on any atom is -0.480 e. The minimum absolute atomic E-state index is 0.0440. The summed E-state index contributed by atoms with van der Waals surface area (Å²) in [5.41, 5.74) is 8.60. The third-order valence-corrected chi connectivity index (χ3v) is 5.84. The van der Waals surface area contributed by atoms with Gasteiger partial charge in [0.05, 0.1) is 12.4 Å². The molecule has 2 aromatic heterocycles. The third-order valence-electron chi connectivity index (χ3n) is 5.84. The lowest BCUT2D eigenvalue weighted by Crippen LogP contribution is -2.57. The van der Waals surface area contributed by atoms with Gasteiger partial charge in [0.1, 0.15) is 12.1 Å². The van der Waals surface area contributed by atoms with Crippen LogP contribution in [-0.2, 0) is 27.2 Å². The highest BCUT2D eigenvalue weighted by Crippen LogP contribution is 2.19. The zero-order valence-corrected chi connectivity index (χ0v) is 18.7. The van der Waals surface area contributed by atoms with Gasteiger partial charge in [-0.1, -0.05) is 38.5 Å². The Morgan fingerprint density at radius 1 is 1.12 bits per heavy atom. The van der Waals surface area contributed by atoms with Crippen LogP contribution in [0.1, 0.15) is 31.5 Å². The summed E-state index contributed by atoms with van der Waals surface area (Å²) in [4.78, 5) is 47.4. The number of aromatic amines is 2. The fourth-order valence-electron chi connectivity index (χ4n) is 3.67. The van der Waals surface area contributed by atoms with Crippen LogP contribution in [0.4, 0.5) is 0 Å². The van der Waals surface area contributed by atoms with Gasteiger partial charge in [0.15, 0.2) is 0 Å². The van der Waals surface area contributed by atoms with E-state index in [0.717, 1.165) is 16.5 Å². The number of nitrogens with two attached hydrogens (primary N) is 1. The smallest absolute Gasteiger partial charge is 0.326 e. The second-order valence-electron chi connectivity index (χ2n) is 8.22. The molecule has 3 rings (SSSR count). The van der Waals surface area contributed by atoms with Crippen LogP contribution in [0.5, 0.6) is 0 Å². The predicted octanol–water partition coefficient (Wildman–Crippen LogP) is 1.10. The van der Waals surface area contributed by atoms with Gasteiger partial charge in [0.25, 0.3) is 0 Å². The SMILES string of the molecule is CCC(C)C(NC(=O)C(N)Cc1c[nH]c2ccccc12)C(=O)NC(Cc1cnc[nH]1)C(=O)O. The molecule has 176 valence electrons. The molecular weight excluding hydrogens is 424 g/mol. The number of imidazole rings is 1. The number of fused-ring (bicyclic) bond motifs is 1. The molecular formula is C23H30N6O4. The molecule has 10 heteroatoms. The van der Waals surface area contributed by atoms with Crippen LogP contribution < -0.4 is 16.4 Å². The highest BCUT2D eigenvalue weighted by Gasteiger charge is 2.31. The Kier molecular flexibility index (Phi) is 7.83. The molecule has 0 aliphatic heterocycles. The number of carbonyl (C=O) groups is 3. The van der Waals surface area contributed by atoms with Crippen molar-refractivity contribution in [1.29, 1.82) is 0 Å². The maximum absolute atomic E-state index is 13.0. The number of rotatable bonds is 11. The molecule has 0 aliphatic carbocycles. The summed E-state index contributed by atoms with van der Waals surface area (Å²) in [7, 11) is 0. The summed E-state index contributed by atoms with van der Waals surface area (Å²) >= 11 is 0. The molecule has 3 aromatic rings. The van der Waals surface area contributed by atoms with Crippen molar-refractivity contribution < 1.29 is 19.5 Å². The summed E-state index contributed by atoms with van der Waals surface area (Å²) in [6.07, 6.45) is 5.70. The molecule has 10 nitrogen and oxygen atoms in total. The van der Waals surface area contributed by atoms with Crippen molar-refractivity contribution >= 4 is 28.7 Å². The molecule has 33 heavy (non-hydrogen) atoms. The highest BCUT2D eigenvalue weighted by atomic mass is 16.4. The quantitative estimate of drug-likeness (QED) is 0.254. The molecule has 0 radical (unpaired) electrons. The van der Waals surface area contributed by atoms with Crippen LogP contribution in [0.15, 0.2) is 43.0 Å². The van der Waals surface area contributed by atoms with Gasteiger partial charge in [0, 0.05) is 35.4 Å². The van der Waals surface area contributed by atoms with E-state index in [0.29, 0.717) is 18.5 Å². The Hall–Kier alpha value is -3.66. The van der Waals surface area contributed by atoms with E-state index in [1.54, 1.807) is 0 Å². The maximum atomic E-state index is 13.0. The van der Waals surface area contributed by atoms with Crippen LogP contribution >= 0.6 is 0 Å². The van der Waals surface area contributed by atoms with Crippen molar-refractivity contribution in [3.05, 3.63) is 54.2 Å². The van der Waals surface area contributed by atoms with Gasteiger partial charge in [-0.3, -0.25) is 9.59 Å². The third kappa shape index (κ3) is 5.98. The predicted molar refractivity (Wildman–Crippen MR) is 123 cm³/mol.